The SMILES string of the molecule is FC(F)Oc1ncccc1-c1cccc(OC2COC2)c1. The molecule has 0 unspecified atom stereocenters. The average Bonchev–Trinajstić information content (AvgIpc) is 2.43. The molecule has 2 aromatic rings. The van der Waals surface area contributed by atoms with Crippen LogP contribution in [0.2, 0.25) is 0 Å². The maximum absolute atomic E-state index is 12.4. The van der Waals surface area contributed by atoms with Crippen molar-refractivity contribution in [1.82, 2.24) is 4.98 Å². The van der Waals surface area contributed by atoms with Gasteiger partial charge in [-0.05, 0) is 29.8 Å². The lowest BCUT2D eigenvalue weighted by atomic mass is 10.1. The summed E-state index contributed by atoms with van der Waals surface area (Å²) in [6.07, 6.45) is 1.46. The van der Waals surface area contributed by atoms with E-state index in [1.165, 1.54) is 6.20 Å². The van der Waals surface area contributed by atoms with Crippen molar-refractivity contribution in [3.63, 3.8) is 0 Å². The van der Waals surface area contributed by atoms with E-state index in [-0.39, 0.29) is 12.0 Å². The van der Waals surface area contributed by atoms with E-state index in [1.807, 2.05) is 6.07 Å². The number of hydrogen-bond donors (Lipinski definition) is 0. The van der Waals surface area contributed by atoms with Gasteiger partial charge in [0.2, 0.25) is 5.88 Å². The smallest absolute Gasteiger partial charge is 0.388 e. The Bertz CT molecular complexity index is 617. The Morgan fingerprint density at radius 2 is 2.05 bits per heavy atom. The maximum atomic E-state index is 12.4. The van der Waals surface area contributed by atoms with Crippen molar-refractivity contribution in [3.8, 4) is 22.8 Å². The lowest BCUT2D eigenvalue weighted by Gasteiger charge is -2.26. The van der Waals surface area contributed by atoms with Gasteiger partial charge >= 0.3 is 6.61 Å². The second-order valence-corrected chi connectivity index (χ2v) is 4.54. The predicted molar refractivity (Wildman–Crippen MR) is 71.5 cm³/mol. The molecule has 0 saturated carbocycles. The van der Waals surface area contributed by atoms with Gasteiger partial charge in [0.15, 0.2) is 0 Å². The van der Waals surface area contributed by atoms with Gasteiger partial charge in [0.05, 0.1) is 13.2 Å². The van der Waals surface area contributed by atoms with Gasteiger partial charge in [-0.25, -0.2) is 4.98 Å². The lowest BCUT2D eigenvalue weighted by molar-refractivity contribution is -0.0796. The summed E-state index contributed by atoms with van der Waals surface area (Å²) in [7, 11) is 0. The van der Waals surface area contributed by atoms with Crippen LogP contribution in [0, 0.1) is 0 Å². The minimum Gasteiger partial charge on any atom is -0.486 e. The monoisotopic (exact) mass is 293 g/mol. The van der Waals surface area contributed by atoms with Crippen LogP contribution < -0.4 is 9.47 Å². The van der Waals surface area contributed by atoms with Crippen LogP contribution in [0.25, 0.3) is 11.1 Å². The molecule has 6 heteroatoms. The minimum atomic E-state index is -2.91. The van der Waals surface area contributed by atoms with Gasteiger partial charge in [-0.2, -0.15) is 8.78 Å². The number of nitrogens with zero attached hydrogens (tertiary/aromatic N) is 1. The van der Waals surface area contributed by atoms with Crippen LogP contribution in [0.1, 0.15) is 0 Å². The normalized spacial score (nSPS) is 14.8. The van der Waals surface area contributed by atoms with Crippen molar-refractivity contribution in [3.05, 3.63) is 42.6 Å². The number of ether oxygens (including phenoxy) is 3. The number of rotatable bonds is 5. The highest BCUT2D eigenvalue weighted by atomic mass is 19.3. The molecule has 0 amide bonds. The second kappa shape index (κ2) is 6.05. The molecule has 110 valence electrons. The number of benzene rings is 1. The van der Waals surface area contributed by atoms with Crippen LogP contribution in [0.3, 0.4) is 0 Å². The van der Waals surface area contributed by atoms with Crippen molar-refractivity contribution in [1.29, 1.82) is 0 Å². The summed E-state index contributed by atoms with van der Waals surface area (Å²) < 4.78 is 40.0. The molecular weight excluding hydrogens is 280 g/mol. The van der Waals surface area contributed by atoms with E-state index in [0.717, 1.165) is 0 Å². The van der Waals surface area contributed by atoms with Gasteiger partial charge in [0.25, 0.3) is 0 Å². The first-order chi connectivity index (χ1) is 10.2. The molecule has 0 aliphatic carbocycles. The van der Waals surface area contributed by atoms with Crippen LogP contribution in [-0.2, 0) is 4.74 Å². The standard InChI is InChI=1S/C15H13F2NO3/c16-15(17)21-14-13(5-2-6-18-14)10-3-1-4-11(7-10)20-12-8-19-9-12/h1-7,12,15H,8-9H2. The van der Waals surface area contributed by atoms with Gasteiger partial charge in [0, 0.05) is 11.8 Å². The summed E-state index contributed by atoms with van der Waals surface area (Å²) in [5, 5.41) is 0. The second-order valence-electron chi connectivity index (χ2n) is 4.54. The van der Waals surface area contributed by atoms with E-state index in [9.17, 15) is 8.78 Å². The fourth-order valence-electron chi connectivity index (χ4n) is 2.00. The van der Waals surface area contributed by atoms with Crippen LogP contribution in [0.15, 0.2) is 42.6 Å². The van der Waals surface area contributed by atoms with Crippen molar-refractivity contribution >= 4 is 0 Å². The molecule has 4 nitrogen and oxygen atoms in total. The number of pyridine rings is 1. The summed E-state index contributed by atoms with van der Waals surface area (Å²) in [5.74, 6) is 0.560. The van der Waals surface area contributed by atoms with Gasteiger partial charge in [0.1, 0.15) is 11.9 Å². The van der Waals surface area contributed by atoms with Crippen LogP contribution in [-0.4, -0.2) is 30.9 Å². The fraction of sp³-hybridized carbons (Fsp3) is 0.267. The third-order valence-corrected chi connectivity index (χ3v) is 3.03. The van der Waals surface area contributed by atoms with Gasteiger partial charge in [-0.3, -0.25) is 0 Å². The molecule has 21 heavy (non-hydrogen) atoms. The maximum Gasteiger partial charge on any atom is 0.388 e. The number of aromatic nitrogens is 1. The molecule has 0 bridgehead atoms. The Kier molecular flexibility index (Phi) is 3.96. The summed E-state index contributed by atoms with van der Waals surface area (Å²) in [5.41, 5.74) is 1.20. The molecular formula is C15H13F2NO3. The van der Waals surface area contributed by atoms with E-state index in [4.69, 9.17) is 9.47 Å². The average molecular weight is 293 g/mol. The Morgan fingerprint density at radius 1 is 1.19 bits per heavy atom. The first-order valence-corrected chi connectivity index (χ1v) is 6.47. The summed E-state index contributed by atoms with van der Waals surface area (Å²) in [6.45, 7) is -1.78. The third-order valence-electron chi connectivity index (χ3n) is 3.03. The van der Waals surface area contributed by atoms with Crippen molar-refractivity contribution in [2.45, 2.75) is 12.7 Å². The highest BCUT2D eigenvalue weighted by Crippen LogP contribution is 2.31. The summed E-state index contributed by atoms with van der Waals surface area (Å²) >= 11 is 0. The summed E-state index contributed by atoms with van der Waals surface area (Å²) in [6, 6.07) is 10.5. The first kappa shape index (κ1) is 13.8. The highest BCUT2D eigenvalue weighted by Gasteiger charge is 2.20. The largest absolute Gasteiger partial charge is 0.486 e. The predicted octanol–water partition coefficient (Wildman–Crippen LogP) is 3.13. The molecule has 0 N–H and O–H groups in total. The van der Waals surface area contributed by atoms with E-state index in [1.54, 1.807) is 30.3 Å². The van der Waals surface area contributed by atoms with Crippen molar-refractivity contribution in [2.75, 3.05) is 13.2 Å². The highest BCUT2D eigenvalue weighted by molar-refractivity contribution is 5.69. The van der Waals surface area contributed by atoms with E-state index in [2.05, 4.69) is 9.72 Å². The van der Waals surface area contributed by atoms with Crippen LogP contribution in [0.5, 0.6) is 11.6 Å². The molecule has 1 aromatic carbocycles. The molecule has 2 heterocycles. The van der Waals surface area contributed by atoms with Crippen molar-refractivity contribution in [2.24, 2.45) is 0 Å². The Labute approximate surface area is 120 Å². The molecule has 1 aromatic heterocycles. The van der Waals surface area contributed by atoms with Crippen LogP contribution in [0.4, 0.5) is 8.78 Å². The van der Waals surface area contributed by atoms with Gasteiger partial charge in [-0.15, -0.1) is 0 Å². The number of hydrogen-bond acceptors (Lipinski definition) is 4. The van der Waals surface area contributed by atoms with Gasteiger partial charge in [-0.1, -0.05) is 12.1 Å². The third kappa shape index (κ3) is 3.28. The van der Waals surface area contributed by atoms with Crippen LogP contribution >= 0.6 is 0 Å². The lowest BCUT2D eigenvalue weighted by Crippen LogP contribution is -2.38. The molecule has 0 atom stereocenters. The number of halogens is 2. The van der Waals surface area contributed by atoms with E-state index in [0.29, 0.717) is 30.1 Å². The van der Waals surface area contributed by atoms with E-state index >= 15 is 0 Å². The topological polar surface area (TPSA) is 40.6 Å². The molecule has 3 rings (SSSR count). The quantitative estimate of drug-likeness (QED) is 0.849. The molecule has 0 spiro atoms. The molecule has 1 saturated heterocycles. The molecule has 0 radical (unpaired) electrons. The minimum absolute atomic E-state index is 0.0472. The molecule has 1 aliphatic rings. The number of alkyl halides is 2. The zero-order valence-corrected chi connectivity index (χ0v) is 11.0. The zero-order valence-electron chi connectivity index (χ0n) is 11.0. The van der Waals surface area contributed by atoms with Crippen molar-refractivity contribution < 1.29 is 23.0 Å². The summed E-state index contributed by atoms with van der Waals surface area (Å²) in [4.78, 5) is 3.85. The molecule has 1 fully saturated rings. The molecule has 1 aliphatic heterocycles. The Hall–Kier alpha value is -2.21. The van der Waals surface area contributed by atoms with Gasteiger partial charge < -0.3 is 14.2 Å². The Balaban J connectivity index is 1.87. The fourth-order valence-corrected chi connectivity index (χ4v) is 2.00. The zero-order chi connectivity index (χ0) is 14.7. The Morgan fingerprint density at radius 3 is 2.76 bits per heavy atom. The first-order valence-electron chi connectivity index (χ1n) is 6.47. The van der Waals surface area contributed by atoms with E-state index < -0.39 is 6.61 Å².